The molecule has 0 atom stereocenters. The summed E-state index contributed by atoms with van der Waals surface area (Å²) in [6.07, 6.45) is 1.12. The van der Waals surface area contributed by atoms with Gasteiger partial charge in [0.2, 0.25) is 0 Å². The molecule has 0 aliphatic rings. The fourth-order valence-corrected chi connectivity index (χ4v) is 0.774. The predicted molar refractivity (Wildman–Crippen MR) is 43.4 cm³/mol. The van der Waals surface area contributed by atoms with Gasteiger partial charge in [0.25, 0.3) is 0 Å². The van der Waals surface area contributed by atoms with E-state index in [4.69, 9.17) is 0 Å². The highest BCUT2D eigenvalue weighted by molar-refractivity contribution is 5.34. The van der Waals surface area contributed by atoms with Gasteiger partial charge in [0.1, 0.15) is 0 Å². The Bertz CT molecular complexity index is 169. The molecule has 1 aromatic rings. The SMILES string of the molecule is CCC[N]c1ccccc1. The van der Waals surface area contributed by atoms with Crippen LogP contribution in [0, 0.1) is 0 Å². The van der Waals surface area contributed by atoms with E-state index in [9.17, 15) is 0 Å². The van der Waals surface area contributed by atoms with Crippen molar-refractivity contribution in [1.82, 2.24) is 5.32 Å². The van der Waals surface area contributed by atoms with Crippen LogP contribution in [0.2, 0.25) is 0 Å². The second kappa shape index (κ2) is 3.94. The minimum atomic E-state index is 0.935. The van der Waals surface area contributed by atoms with Crippen LogP contribution in [0.4, 0.5) is 5.69 Å². The van der Waals surface area contributed by atoms with Gasteiger partial charge in [0, 0.05) is 6.54 Å². The van der Waals surface area contributed by atoms with Crippen molar-refractivity contribution in [2.45, 2.75) is 13.3 Å². The van der Waals surface area contributed by atoms with Crippen LogP contribution in [0.5, 0.6) is 0 Å². The van der Waals surface area contributed by atoms with Gasteiger partial charge in [-0.1, -0.05) is 25.1 Å². The van der Waals surface area contributed by atoms with Crippen molar-refractivity contribution in [2.24, 2.45) is 0 Å². The first-order valence-electron chi connectivity index (χ1n) is 3.66. The first-order chi connectivity index (χ1) is 4.93. The third-order valence-corrected chi connectivity index (χ3v) is 1.27. The summed E-state index contributed by atoms with van der Waals surface area (Å²) in [5.41, 5.74) is 1.09. The van der Waals surface area contributed by atoms with Crippen molar-refractivity contribution < 1.29 is 0 Å². The van der Waals surface area contributed by atoms with Crippen LogP contribution in [0.3, 0.4) is 0 Å². The van der Waals surface area contributed by atoms with E-state index in [1.807, 2.05) is 30.3 Å². The molecule has 0 heterocycles. The normalized spacial score (nSPS) is 9.30. The second-order valence-electron chi connectivity index (χ2n) is 2.22. The standard InChI is InChI=1S/C9H12N/c1-2-8-10-9-6-4-3-5-7-9/h3-7H,2,8H2,1H3. The van der Waals surface area contributed by atoms with Gasteiger partial charge in [-0.05, 0) is 18.6 Å². The molecule has 0 spiro atoms. The Morgan fingerprint density at radius 3 is 2.50 bits per heavy atom. The number of nitrogens with zero attached hydrogens (tertiary/aromatic N) is 1. The lowest BCUT2D eigenvalue weighted by atomic mass is 10.3. The van der Waals surface area contributed by atoms with Gasteiger partial charge >= 0.3 is 0 Å². The van der Waals surface area contributed by atoms with Gasteiger partial charge in [-0.15, -0.1) is 0 Å². The summed E-state index contributed by atoms with van der Waals surface area (Å²) in [7, 11) is 0. The molecule has 0 saturated carbocycles. The predicted octanol–water partition coefficient (Wildman–Crippen LogP) is 2.33. The van der Waals surface area contributed by atoms with Crippen LogP contribution in [-0.4, -0.2) is 6.54 Å². The summed E-state index contributed by atoms with van der Waals surface area (Å²) in [4.78, 5) is 0. The van der Waals surface area contributed by atoms with Crippen molar-refractivity contribution in [3.05, 3.63) is 30.3 Å². The quantitative estimate of drug-likeness (QED) is 0.602. The molecule has 0 aromatic heterocycles. The van der Waals surface area contributed by atoms with E-state index in [0.29, 0.717) is 0 Å². The summed E-state index contributed by atoms with van der Waals surface area (Å²) < 4.78 is 0. The molecule has 0 amide bonds. The molecule has 0 aliphatic carbocycles. The second-order valence-corrected chi connectivity index (χ2v) is 2.22. The first kappa shape index (κ1) is 7.13. The Hall–Kier alpha value is -0.980. The van der Waals surface area contributed by atoms with E-state index in [1.54, 1.807) is 0 Å². The van der Waals surface area contributed by atoms with E-state index in [0.717, 1.165) is 18.7 Å². The molecule has 53 valence electrons. The molecule has 0 saturated heterocycles. The fourth-order valence-electron chi connectivity index (χ4n) is 0.774. The lowest BCUT2D eigenvalue weighted by molar-refractivity contribution is 0.805. The van der Waals surface area contributed by atoms with Gasteiger partial charge in [-0.25, -0.2) is 0 Å². The average Bonchev–Trinajstić information content (AvgIpc) is 2.03. The third-order valence-electron chi connectivity index (χ3n) is 1.27. The van der Waals surface area contributed by atoms with Crippen LogP contribution in [0.25, 0.3) is 0 Å². The average molecular weight is 134 g/mol. The van der Waals surface area contributed by atoms with E-state index in [-0.39, 0.29) is 0 Å². The molecule has 0 aliphatic heterocycles. The van der Waals surface area contributed by atoms with Crippen LogP contribution in [-0.2, 0) is 0 Å². The molecular formula is C9H12N. The highest BCUT2D eigenvalue weighted by Crippen LogP contribution is 2.04. The van der Waals surface area contributed by atoms with Gasteiger partial charge in [-0.3, -0.25) is 5.32 Å². The molecule has 1 rings (SSSR count). The molecule has 1 radical (unpaired) electrons. The van der Waals surface area contributed by atoms with Gasteiger partial charge in [0.05, 0.1) is 5.69 Å². The summed E-state index contributed by atoms with van der Waals surface area (Å²) >= 11 is 0. The van der Waals surface area contributed by atoms with E-state index in [1.165, 1.54) is 0 Å². The van der Waals surface area contributed by atoms with E-state index in [2.05, 4.69) is 12.2 Å². The number of rotatable bonds is 3. The van der Waals surface area contributed by atoms with Crippen molar-refractivity contribution in [2.75, 3.05) is 6.54 Å². The van der Waals surface area contributed by atoms with Crippen LogP contribution in [0.1, 0.15) is 13.3 Å². The lowest BCUT2D eigenvalue weighted by Gasteiger charge is -1.98. The Kier molecular flexibility index (Phi) is 2.81. The molecule has 1 heteroatoms. The maximum atomic E-state index is 4.32. The number of hydrogen-bond donors (Lipinski definition) is 0. The Morgan fingerprint density at radius 1 is 1.20 bits per heavy atom. The first-order valence-corrected chi connectivity index (χ1v) is 3.66. The van der Waals surface area contributed by atoms with Gasteiger partial charge in [0.15, 0.2) is 0 Å². The van der Waals surface area contributed by atoms with Crippen LogP contribution >= 0.6 is 0 Å². The van der Waals surface area contributed by atoms with E-state index >= 15 is 0 Å². The van der Waals surface area contributed by atoms with Crippen molar-refractivity contribution in [3.8, 4) is 0 Å². The molecule has 0 N–H and O–H groups in total. The molecule has 1 aromatic carbocycles. The maximum Gasteiger partial charge on any atom is 0.0574 e. The minimum Gasteiger partial charge on any atom is -0.285 e. The molecule has 1 nitrogen and oxygen atoms in total. The van der Waals surface area contributed by atoms with Crippen molar-refractivity contribution in [3.63, 3.8) is 0 Å². The van der Waals surface area contributed by atoms with Crippen molar-refractivity contribution in [1.29, 1.82) is 0 Å². The van der Waals surface area contributed by atoms with Crippen LogP contribution in [0.15, 0.2) is 30.3 Å². The monoisotopic (exact) mass is 134 g/mol. The maximum absolute atomic E-state index is 4.32. The zero-order chi connectivity index (χ0) is 7.23. The summed E-state index contributed by atoms with van der Waals surface area (Å²) in [6, 6.07) is 10.1. The third kappa shape index (κ3) is 2.09. The summed E-state index contributed by atoms with van der Waals surface area (Å²) in [6.45, 7) is 3.07. The zero-order valence-corrected chi connectivity index (χ0v) is 6.25. The summed E-state index contributed by atoms with van der Waals surface area (Å²) in [5.74, 6) is 0. The number of benzene rings is 1. The van der Waals surface area contributed by atoms with E-state index < -0.39 is 0 Å². The smallest absolute Gasteiger partial charge is 0.0574 e. The topological polar surface area (TPSA) is 14.1 Å². The molecule has 10 heavy (non-hydrogen) atoms. The Balaban J connectivity index is 2.43. The highest BCUT2D eigenvalue weighted by atomic mass is 14.9. The Labute approximate surface area is 62.1 Å². The molecular weight excluding hydrogens is 122 g/mol. The lowest BCUT2D eigenvalue weighted by Crippen LogP contribution is -1.96. The molecule has 0 bridgehead atoms. The summed E-state index contributed by atoms with van der Waals surface area (Å²) in [5, 5.41) is 4.32. The number of para-hydroxylation sites is 1. The van der Waals surface area contributed by atoms with Crippen molar-refractivity contribution >= 4 is 5.69 Å². The fraction of sp³-hybridized carbons (Fsp3) is 0.333. The zero-order valence-electron chi connectivity index (χ0n) is 6.25. The minimum absolute atomic E-state index is 0.935. The molecule has 0 unspecified atom stereocenters. The highest BCUT2D eigenvalue weighted by Gasteiger charge is 1.86. The number of hydrogen-bond acceptors (Lipinski definition) is 0. The van der Waals surface area contributed by atoms with Gasteiger partial charge < -0.3 is 0 Å². The van der Waals surface area contributed by atoms with Gasteiger partial charge in [-0.2, -0.15) is 0 Å². The largest absolute Gasteiger partial charge is 0.285 e. The molecule has 0 fully saturated rings. The van der Waals surface area contributed by atoms with Crippen LogP contribution < -0.4 is 5.32 Å². The Morgan fingerprint density at radius 2 is 1.90 bits per heavy atom.